The van der Waals surface area contributed by atoms with E-state index in [0.29, 0.717) is 5.56 Å². The van der Waals surface area contributed by atoms with Crippen LogP contribution < -0.4 is 0 Å². The number of esters is 1. The van der Waals surface area contributed by atoms with E-state index in [4.69, 9.17) is 4.74 Å². The Kier molecular flexibility index (Phi) is 6.50. The van der Waals surface area contributed by atoms with Gasteiger partial charge in [-0.25, -0.2) is 4.79 Å². The van der Waals surface area contributed by atoms with Crippen LogP contribution in [0, 0.1) is 0 Å². The van der Waals surface area contributed by atoms with E-state index in [1.54, 1.807) is 0 Å². The maximum atomic E-state index is 11.9. The van der Waals surface area contributed by atoms with Crippen molar-refractivity contribution in [2.45, 2.75) is 59.0 Å². The zero-order chi connectivity index (χ0) is 15.0. The second-order valence-corrected chi connectivity index (χ2v) is 6.02. The molecule has 0 aliphatic heterocycles. The average Bonchev–Trinajstić information content (AvgIpc) is 2.37. The van der Waals surface area contributed by atoms with Gasteiger partial charge in [0.1, 0.15) is 5.60 Å². The molecule has 0 bridgehead atoms. The molecule has 0 aliphatic carbocycles. The van der Waals surface area contributed by atoms with Crippen molar-refractivity contribution in [3.8, 4) is 0 Å². The number of carbonyl (C=O) groups is 1. The molecular weight excluding hydrogens is 248 g/mol. The third kappa shape index (κ3) is 6.55. The second kappa shape index (κ2) is 7.88. The first-order valence-electron chi connectivity index (χ1n) is 7.42. The van der Waals surface area contributed by atoms with E-state index in [1.165, 1.54) is 19.3 Å². The van der Waals surface area contributed by atoms with Crippen LogP contribution in [0.5, 0.6) is 0 Å². The summed E-state index contributed by atoms with van der Waals surface area (Å²) in [5, 5.41) is 0. The Labute approximate surface area is 122 Å². The fourth-order valence-corrected chi connectivity index (χ4v) is 1.80. The quantitative estimate of drug-likeness (QED) is 0.524. The van der Waals surface area contributed by atoms with Crippen molar-refractivity contribution in [2.24, 2.45) is 0 Å². The third-order valence-corrected chi connectivity index (χ3v) is 2.83. The number of hydrogen-bond donors (Lipinski definition) is 0. The maximum absolute atomic E-state index is 11.9. The molecule has 110 valence electrons. The lowest BCUT2D eigenvalue weighted by molar-refractivity contribution is 0.00695. The lowest BCUT2D eigenvalue weighted by atomic mass is 10.1. The molecule has 0 amide bonds. The van der Waals surface area contributed by atoms with E-state index in [1.807, 2.05) is 45.0 Å². The zero-order valence-electron chi connectivity index (χ0n) is 13.1. The van der Waals surface area contributed by atoms with Gasteiger partial charge in [0, 0.05) is 0 Å². The van der Waals surface area contributed by atoms with Crippen LogP contribution >= 0.6 is 0 Å². The van der Waals surface area contributed by atoms with Crippen LogP contribution in [0.3, 0.4) is 0 Å². The smallest absolute Gasteiger partial charge is 0.338 e. The maximum Gasteiger partial charge on any atom is 0.338 e. The van der Waals surface area contributed by atoms with Crippen molar-refractivity contribution in [1.29, 1.82) is 0 Å². The highest BCUT2D eigenvalue weighted by Gasteiger charge is 2.17. The Morgan fingerprint density at radius 2 is 1.80 bits per heavy atom. The van der Waals surface area contributed by atoms with Crippen LogP contribution in [-0.2, 0) is 4.74 Å². The molecule has 20 heavy (non-hydrogen) atoms. The fraction of sp³-hybridized carbons (Fsp3) is 0.500. The summed E-state index contributed by atoms with van der Waals surface area (Å²) in [7, 11) is 0. The number of rotatable bonds is 6. The summed E-state index contributed by atoms with van der Waals surface area (Å²) in [6.45, 7) is 7.83. The number of benzene rings is 1. The van der Waals surface area contributed by atoms with Gasteiger partial charge in [0.2, 0.25) is 0 Å². The molecule has 0 aliphatic rings. The summed E-state index contributed by atoms with van der Waals surface area (Å²) in [5.74, 6) is -0.268. The molecule has 0 saturated carbocycles. The summed E-state index contributed by atoms with van der Waals surface area (Å²) >= 11 is 0. The van der Waals surface area contributed by atoms with Gasteiger partial charge in [-0.15, -0.1) is 0 Å². The molecule has 0 radical (unpaired) electrons. The molecule has 0 unspecified atom stereocenters. The summed E-state index contributed by atoms with van der Waals surface area (Å²) in [6, 6.07) is 7.55. The fourth-order valence-electron chi connectivity index (χ4n) is 1.80. The van der Waals surface area contributed by atoms with Crippen LogP contribution in [0.25, 0.3) is 6.08 Å². The number of carbonyl (C=O) groups excluding carboxylic acids is 1. The molecule has 1 aromatic carbocycles. The summed E-state index contributed by atoms with van der Waals surface area (Å²) in [4.78, 5) is 11.9. The first-order valence-corrected chi connectivity index (χ1v) is 7.42. The molecular formula is C18H26O2. The van der Waals surface area contributed by atoms with Crippen molar-refractivity contribution < 1.29 is 9.53 Å². The molecule has 2 nitrogen and oxygen atoms in total. The van der Waals surface area contributed by atoms with Gasteiger partial charge in [-0.1, -0.05) is 44.1 Å². The molecule has 2 heteroatoms. The van der Waals surface area contributed by atoms with Gasteiger partial charge in [0.05, 0.1) is 5.56 Å². The molecule has 0 saturated heterocycles. The van der Waals surface area contributed by atoms with E-state index in [-0.39, 0.29) is 5.97 Å². The van der Waals surface area contributed by atoms with Gasteiger partial charge in [0.25, 0.3) is 0 Å². The van der Waals surface area contributed by atoms with Gasteiger partial charge in [-0.2, -0.15) is 0 Å². The van der Waals surface area contributed by atoms with E-state index < -0.39 is 5.60 Å². The molecule has 0 fully saturated rings. The minimum atomic E-state index is -0.449. The number of hydrogen-bond acceptors (Lipinski definition) is 2. The zero-order valence-corrected chi connectivity index (χ0v) is 13.1. The van der Waals surface area contributed by atoms with E-state index >= 15 is 0 Å². The topological polar surface area (TPSA) is 26.3 Å². The van der Waals surface area contributed by atoms with Gasteiger partial charge in [-0.3, -0.25) is 0 Å². The highest BCUT2D eigenvalue weighted by Crippen LogP contribution is 2.13. The van der Waals surface area contributed by atoms with Crippen LogP contribution in [-0.4, -0.2) is 11.6 Å². The Hall–Kier alpha value is -1.57. The minimum absolute atomic E-state index is 0.268. The van der Waals surface area contributed by atoms with E-state index in [9.17, 15) is 4.79 Å². The van der Waals surface area contributed by atoms with Crippen LogP contribution in [0.15, 0.2) is 30.3 Å². The molecule has 1 aromatic rings. The van der Waals surface area contributed by atoms with Gasteiger partial charge >= 0.3 is 5.97 Å². The lowest BCUT2D eigenvalue weighted by Gasteiger charge is -2.19. The van der Waals surface area contributed by atoms with Crippen LogP contribution in [0.4, 0.5) is 0 Å². The Bertz CT molecular complexity index is 435. The average molecular weight is 274 g/mol. The van der Waals surface area contributed by atoms with E-state index in [2.05, 4.69) is 19.1 Å². The Morgan fingerprint density at radius 3 is 2.35 bits per heavy atom. The molecule has 0 aromatic heterocycles. The third-order valence-electron chi connectivity index (χ3n) is 2.83. The predicted molar refractivity (Wildman–Crippen MR) is 84.8 cm³/mol. The first-order chi connectivity index (χ1) is 9.42. The second-order valence-electron chi connectivity index (χ2n) is 6.02. The first kappa shape index (κ1) is 16.5. The van der Waals surface area contributed by atoms with Crippen molar-refractivity contribution in [3.63, 3.8) is 0 Å². The molecule has 0 spiro atoms. The number of ether oxygens (including phenoxy) is 1. The standard InChI is InChI=1S/C18H26O2/c1-5-6-7-8-9-10-15-11-13-16(14-12-15)17(19)20-18(2,3)4/h9-14H,5-8H2,1-4H3. The number of unbranched alkanes of at least 4 members (excludes halogenated alkanes) is 3. The minimum Gasteiger partial charge on any atom is -0.456 e. The Morgan fingerprint density at radius 1 is 1.15 bits per heavy atom. The van der Waals surface area contributed by atoms with Gasteiger partial charge in [0.15, 0.2) is 0 Å². The SMILES string of the molecule is CCCCCC=Cc1ccc(C(=O)OC(C)(C)C)cc1. The van der Waals surface area contributed by atoms with Gasteiger partial charge in [-0.05, 0) is 51.3 Å². The van der Waals surface area contributed by atoms with Crippen LogP contribution in [0.1, 0.15) is 69.3 Å². The normalized spacial score (nSPS) is 11.8. The monoisotopic (exact) mass is 274 g/mol. The highest BCUT2D eigenvalue weighted by molar-refractivity contribution is 5.89. The van der Waals surface area contributed by atoms with Crippen molar-refractivity contribution in [1.82, 2.24) is 0 Å². The lowest BCUT2D eigenvalue weighted by Crippen LogP contribution is -2.23. The molecule has 0 atom stereocenters. The van der Waals surface area contributed by atoms with Gasteiger partial charge < -0.3 is 4.74 Å². The predicted octanol–water partition coefficient (Wildman–Crippen LogP) is 5.24. The van der Waals surface area contributed by atoms with Crippen molar-refractivity contribution >= 4 is 12.0 Å². The summed E-state index contributed by atoms with van der Waals surface area (Å²) in [6.07, 6.45) is 9.18. The summed E-state index contributed by atoms with van der Waals surface area (Å²) in [5.41, 5.74) is 1.27. The van der Waals surface area contributed by atoms with Crippen LogP contribution in [0.2, 0.25) is 0 Å². The summed E-state index contributed by atoms with van der Waals surface area (Å²) < 4.78 is 5.33. The largest absolute Gasteiger partial charge is 0.456 e. The van der Waals surface area contributed by atoms with Crippen molar-refractivity contribution in [3.05, 3.63) is 41.5 Å². The number of allylic oxidation sites excluding steroid dienone is 1. The Balaban J connectivity index is 2.54. The molecule has 1 rings (SSSR count). The molecule has 0 N–H and O–H groups in total. The molecule has 0 heterocycles. The van der Waals surface area contributed by atoms with Crippen molar-refractivity contribution in [2.75, 3.05) is 0 Å². The highest BCUT2D eigenvalue weighted by atomic mass is 16.6. The van der Waals surface area contributed by atoms with E-state index in [0.717, 1.165) is 12.0 Å².